The summed E-state index contributed by atoms with van der Waals surface area (Å²) in [5.41, 5.74) is 0.741. The topological polar surface area (TPSA) is 84.8 Å². The number of anilines is 1. The Hall–Kier alpha value is -0.968. The monoisotopic (exact) mass is 557 g/mol. The van der Waals surface area contributed by atoms with E-state index in [1.807, 2.05) is 46.1 Å². The van der Waals surface area contributed by atoms with Gasteiger partial charge in [0.15, 0.2) is 0 Å². The van der Waals surface area contributed by atoms with Crippen molar-refractivity contribution in [3.8, 4) is 0 Å². The van der Waals surface area contributed by atoms with Gasteiger partial charge in [-0.05, 0) is 0 Å². The summed E-state index contributed by atoms with van der Waals surface area (Å²) in [6.45, 7) is 16.3. The average molecular weight is 557 g/mol. The van der Waals surface area contributed by atoms with E-state index in [2.05, 4.69) is 31.9 Å². The molecule has 0 amide bonds. The van der Waals surface area contributed by atoms with Crippen LogP contribution in [-0.2, 0) is 4.74 Å². The fourth-order valence-corrected chi connectivity index (χ4v) is 3.23. The number of fused-ring (bicyclic) bond motifs is 1. The Morgan fingerprint density at radius 3 is 2.42 bits per heavy atom. The quantitative estimate of drug-likeness (QED) is 0.558. The SMILES string of the molecule is CC.CC.CC.CCC1CC(C)C(n2cnc3c(=O)[nH]c([NH][Tl])nc32)O1. The van der Waals surface area contributed by atoms with Crippen molar-refractivity contribution in [2.24, 2.45) is 5.92 Å². The normalized spacial score (nSPS) is 20.8. The van der Waals surface area contributed by atoms with Crippen molar-refractivity contribution in [3.05, 3.63) is 16.7 Å². The number of nitrogens with zero attached hydrogens (tertiary/aromatic N) is 3. The second-order valence-corrected chi connectivity index (χ2v) is 6.28. The fraction of sp³-hybridized carbons (Fsp3) is 0.722. The number of aromatic nitrogens is 4. The molecule has 0 saturated carbocycles. The van der Waals surface area contributed by atoms with Crippen LogP contribution in [0.4, 0.5) is 5.95 Å². The first-order valence-corrected chi connectivity index (χ1v) is 12.0. The average Bonchev–Trinajstić information content (AvgIpc) is 3.29. The van der Waals surface area contributed by atoms with Gasteiger partial charge in [0.1, 0.15) is 0 Å². The zero-order chi connectivity index (χ0) is 20.3. The van der Waals surface area contributed by atoms with Crippen LogP contribution in [0, 0.1) is 5.92 Å². The molecule has 1 saturated heterocycles. The summed E-state index contributed by atoms with van der Waals surface area (Å²) in [6, 6.07) is 0. The van der Waals surface area contributed by atoms with Crippen LogP contribution < -0.4 is 8.69 Å². The molecule has 3 atom stereocenters. The Bertz CT molecular complexity index is 686. The summed E-state index contributed by atoms with van der Waals surface area (Å²) in [7, 11) is 0. The summed E-state index contributed by atoms with van der Waals surface area (Å²) in [6.07, 6.45) is 3.86. The van der Waals surface area contributed by atoms with Crippen LogP contribution in [-0.4, -0.2) is 51.7 Å². The first-order chi connectivity index (χ1) is 12.6. The second kappa shape index (κ2) is 13.2. The molecule has 0 bridgehead atoms. The van der Waals surface area contributed by atoms with Gasteiger partial charge in [0, 0.05) is 0 Å². The number of imidazole rings is 1. The van der Waals surface area contributed by atoms with E-state index in [0.717, 1.165) is 12.8 Å². The summed E-state index contributed by atoms with van der Waals surface area (Å²) in [4.78, 5) is 23.3. The molecule has 0 spiro atoms. The molecular formula is C18H34N5O2Tl. The maximum atomic E-state index is 12.0. The molecule has 7 nitrogen and oxygen atoms in total. The molecule has 2 aromatic rings. The summed E-state index contributed by atoms with van der Waals surface area (Å²) in [5.74, 6) is 0.889. The minimum atomic E-state index is -0.213. The Balaban J connectivity index is 0.000000948. The van der Waals surface area contributed by atoms with E-state index in [9.17, 15) is 4.79 Å². The number of aromatic amines is 1. The van der Waals surface area contributed by atoms with Gasteiger partial charge in [0.05, 0.1) is 0 Å². The molecule has 2 aromatic heterocycles. The van der Waals surface area contributed by atoms with Gasteiger partial charge in [0.2, 0.25) is 0 Å². The number of nitrogens with one attached hydrogen (secondary N) is 2. The maximum absolute atomic E-state index is 12.0. The van der Waals surface area contributed by atoms with Crippen molar-refractivity contribution in [1.29, 1.82) is 0 Å². The van der Waals surface area contributed by atoms with Crippen molar-refractivity contribution in [2.45, 2.75) is 80.6 Å². The van der Waals surface area contributed by atoms with Crippen LogP contribution in [0.15, 0.2) is 11.1 Å². The predicted molar refractivity (Wildman–Crippen MR) is 110 cm³/mol. The summed E-state index contributed by atoms with van der Waals surface area (Å²) < 4.78 is 11.0. The third-order valence-corrected chi connectivity index (χ3v) is 4.81. The molecule has 2 N–H and O–H groups in total. The van der Waals surface area contributed by atoms with Crippen LogP contribution in [0.5, 0.6) is 0 Å². The summed E-state index contributed by atoms with van der Waals surface area (Å²) in [5, 5.41) is 0. The van der Waals surface area contributed by atoms with E-state index in [1.165, 1.54) is 0 Å². The van der Waals surface area contributed by atoms with Crippen molar-refractivity contribution >= 4 is 43.2 Å². The molecule has 0 aromatic carbocycles. The number of ether oxygens (including phenoxy) is 1. The first-order valence-electron chi connectivity index (χ1n) is 9.73. The van der Waals surface area contributed by atoms with E-state index in [0.29, 0.717) is 49.1 Å². The van der Waals surface area contributed by atoms with Gasteiger partial charge in [-0.1, -0.05) is 41.5 Å². The molecule has 0 aliphatic carbocycles. The van der Waals surface area contributed by atoms with Crippen LogP contribution in [0.25, 0.3) is 11.2 Å². The van der Waals surface area contributed by atoms with Crippen LogP contribution >= 0.6 is 0 Å². The van der Waals surface area contributed by atoms with Gasteiger partial charge in [-0.25, -0.2) is 0 Å². The van der Waals surface area contributed by atoms with E-state index in [-0.39, 0.29) is 17.9 Å². The predicted octanol–water partition coefficient (Wildman–Crippen LogP) is 4.03. The van der Waals surface area contributed by atoms with E-state index < -0.39 is 0 Å². The molecule has 3 rings (SSSR count). The van der Waals surface area contributed by atoms with Gasteiger partial charge in [-0.15, -0.1) is 0 Å². The number of hydrogen-bond acceptors (Lipinski definition) is 5. The zero-order valence-corrected chi connectivity index (χ0v) is 21.9. The van der Waals surface area contributed by atoms with E-state index in [4.69, 9.17) is 4.74 Å². The van der Waals surface area contributed by atoms with Gasteiger partial charge < -0.3 is 0 Å². The molecule has 3 unspecified atom stereocenters. The van der Waals surface area contributed by atoms with Crippen molar-refractivity contribution in [1.82, 2.24) is 19.5 Å². The van der Waals surface area contributed by atoms with Crippen LogP contribution in [0.3, 0.4) is 0 Å². The second-order valence-electron chi connectivity index (χ2n) is 5.15. The molecule has 0 radical (unpaired) electrons. The minimum absolute atomic E-state index is 0.0938. The zero-order valence-electron chi connectivity index (χ0n) is 17.5. The van der Waals surface area contributed by atoms with Crippen molar-refractivity contribution in [2.75, 3.05) is 3.13 Å². The first kappa shape index (κ1) is 25.0. The third kappa shape index (κ3) is 5.77. The van der Waals surface area contributed by atoms with Gasteiger partial charge in [0.25, 0.3) is 0 Å². The standard InChI is InChI=1S/C12H17N5O2.3C2H6.Tl/c1-3-7-4-6(2)11(19-7)17-5-14-8-9(17)15-12(13)16-10(8)18;3*1-2;/h5-7,11H,3-4H2,1-2H3,(H3,13,15,16,18);3*1-2H3;/q;;;;+1/p-1. The van der Waals surface area contributed by atoms with Crippen LogP contribution in [0.1, 0.15) is 74.5 Å². The molecule has 1 fully saturated rings. The Morgan fingerprint density at radius 1 is 1.31 bits per heavy atom. The summed E-state index contributed by atoms with van der Waals surface area (Å²) >= 11 is 0.517. The van der Waals surface area contributed by atoms with Crippen molar-refractivity contribution in [3.63, 3.8) is 0 Å². The van der Waals surface area contributed by atoms with Crippen LogP contribution in [0.2, 0.25) is 0 Å². The Morgan fingerprint density at radius 2 is 1.92 bits per heavy atom. The number of rotatable bonds is 3. The third-order valence-electron chi connectivity index (χ3n) is 3.75. The molecule has 1 aliphatic rings. The van der Waals surface area contributed by atoms with E-state index >= 15 is 0 Å². The molecule has 8 heteroatoms. The van der Waals surface area contributed by atoms with Crippen molar-refractivity contribution < 1.29 is 4.74 Å². The number of hydrogen-bond donors (Lipinski definition) is 2. The molecule has 1 aliphatic heterocycles. The van der Waals surface area contributed by atoms with E-state index in [1.54, 1.807) is 6.33 Å². The van der Waals surface area contributed by atoms with Gasteiger partial charge in [-0.2, -0.15) is 0 Å². The molecular weight excluding hydrogens is 523 g/mol. The Kier molecular flexibility index (Phi) is 12.7. The van der Waals surface area contributed by atoms with Gasteiger partial charge in [-0.3, -0.25) is 0 Å². The Labute approximate surface area is 173 Å². The van der Waals surface area contributed by atoms with Gasteiger partial charge >= 0.3 is 132 Å². The number of H-pyrrole nitrogens is 1. The fourth-order valence-electron chi connectivity index (χ4n) is 2.70. The molecule has 3 heterocycles. The molecule has 26 heavy (non-hydrogen) atoms. The molecule has 146 valence electrons.